The summed E-state index contributed by atoms with van der Waals surface area (Å²) in [7, 11) is 1.76. The highest BCUT2D eigenvalue weighted by molar-refractivity contribution is 6.12. The van der Waals surface area contributed by atoms with Crippen LogP contribution in [0.4, 0.5) is 24.7 Å². The van der Waals surface area contributed by atoms with Crippen molar-refractivity contribution >= 4 is 28.3 Å². The summed E-state index contributed by atoms with van der Waals surface area (Å²) in [6.07, 6.45) is 1.57. The van der Waals surface area contributed by atoms with Crippen molar-refractivity contribution in [2.24, 2.45) is 0 Å². The van der Waals surface area contributed by atoms with E-state index in [1.54, 1.807) is 25.8 Å². The zero-order valence-electron chi connectivity index (χ0n) is 20.2. The van der Waals surface area contributed by atoms with Gasteiger partial charge in [0, 0.05) is 23.7 Å². The Kier molecular flexibility index (Phi) is 4.98. The third-order valence-electron chi connectivity index (χ3n) is 7.22. The van der Waals surface area contributed by atoms with Gasteiger partial charge in [0.1, 0.15) is 23.1 Å². The number of carbonyl (C=O) groups is 1. The summed E-state index contributed by atoms with van der Waals surface area (Å²) in [5, 5.41) is 13.8. The molecule has 0 bridgehead atoms. The molecule has 1 amide bonds. The number of halogens is 3. The molecule has 3 aromatic rings. The van der Waals surface area contributed by atoms with E-state index in [-0.39, 0.29) is 11.5 Å². The second-order valence-electron chi connectivity index (χ2n) is 10.2. The van der Waals surface area contributed by atoms with Crippen LogP contribution in [-0.4, -0.2) is 33.6 Å². The van der Waals surface area contributed by atoms with Gasteiger partial charge in [0.25, 0.3) is 0 Å². The van der Waals surface area contributed by atoms with Crippen LogP contribution >= 0.6 is 0 Å². The molecule has 5 rings (SSSR count). The van der Waals surface area contributed by atoms with Crippen molar-refractivity contribution in [2.45, 2.75) is 63.5 Å². The van der Waals surface area contributed by atoms with Crippen LogP contribution in [0.1, 0.15) is 62.2 Å². The molecular weight excluding hydrogens is 457 g/mol. The number of benzene rings is 2. The highest BCUT2D eigenvalue weighted by atomic mass is 19.3. The Morgan fingerprint density at radius 1 is 1.20 bits per heavy atom. The van der Waals surface area contributed by atoms with Crippen LogP contribution in [0.2, 0.25) is 0 Å². The molecule has 1 aliphatic heterocycles. The van der Waals surface area contributed by atoms with Crippen molar-refractivity contribution in [3.8, 4) is 0 Å². The molecule has 0 unspecified atom stereocenters. The standard InChI is InChI=1S/C26H27F3N4O2/c1-13(15-7-6-8-17(21(15)27)26(28,29)24(3,4)35)30-22-16-11-18-20(12-19(16)31-14(2)32-22)33(5)23(34)25(18)9-10-25/h6-8,11-13,35H,9-10H2,1-5H3,(H,30,31,32)/t13-/m1/s1. The Labute approximate surface area is 201 Å². The Bertz CT molecular complexity index is 1380. The summed E-state index contributed by atoms with van der Waals surface area (Å²) >= 11 is 0. The van der Waals surface area contributed by atoms with Crippen LogP contribution in [0.3, 0.4) is 0 Å². The second-order valence-corrected chi connectivity index (χ2v) is 10.2. The van der Waals surface area contributed by atoms with Crippen molar-refractivity contribution in [2.75, 3.05) is 17.3 Å². The predicted molar refractivity (Wildman–Crippen MR) is 127 cm³/mol. The van der Waals surface area contributed by atoms with Crippen molar-refractivity contribution in [1.29, 1.82) is 0 Å². The molecule has 1 aliphatic carbocycles. The van der Waals surface area contributed by atoms with Gasteiger partial charge in [-0.05, 0) is 64.3 Å². The topological polar surface area (TPSA) is 78.4 Å². The smallest absolute Gasteiger partial charge is 0.303 e. The fourth-order valence-electron chi connectivity index (χ4n) is 4.94. The third-order valence-corrected chi connectivity index (χ3v) is 7.22. The van der Waals surface area contributed by atoms with E-state index in [0.717, 1.165) is 44.0 Å². The summed E-state index contributed by atoms with van der Waals surface area (Å²) < 4.78 is 44.8. The minimum Gasteiger partial charge on any atom is -0.384 e. The molecule has 1 aromatic heterocycles. The number of rotatable bonds is 5. The largest absolute Gasteiger partial charge is 0.384 e. The molecule has 6 nitrogen and oxygen atoms in total. The molecule has 2 aromatic carbocycles. The Morgan fingerprint density at radius 2 is 1.89 bits per heavy atom. The van der Waals surface area contributed by atoms with Gasteiger partial charge in [-0.3, -0.25) is 4.79 Å². The number of fused-ring (bicyclic) bond motifs is 3. The molecule has 1 spiro atoms. The minimum atomic E-state index is -3.79. The summed E-state index contributed by atoms with van der Waals surface area (Å²) in [4.78, 5) is 23.5. The first-order valence-electron chi connectivity index (χ1n) is 11.5. The van der Waals surface area contributed by atoms with E-state index in [4.69, 9.17) is 0 Å². The zero-order chi connectivity index (χ0) is 25.5. The number of anilines is 2. The number of aryl methyl sites for hydroxylation is 1. The van der Waals surface area contributed by atoms with Crippen LogP contribution in [0.25, 0.3) is 10.9 Å². The molecule has 2 N–H and O–H groups in total. The van der Waals surface area contributed by atoms with Gasteiger partial charge in [0.05, 0.1) is 22.5 Å². The maximum atomic E-state index is 15.3. The van der Waals surface area contributed by atoms with Gasteiger partial charge in [-0.2, -0.15) is 8.78 Å². The van der Waals surface area contributed by atoms with Crippen molar-refractivity contribution in [1.82, 2.24) is 9.97 Å². The monoisotopic (exact) mass is 484 g/mol. The van der Waals surface area contributed by atoms with E-state index >= 15 is 4.39 Å². The quantitative estimate of drug-likeness (QED) is 0.526. The first-order valence-corrected chi connectivity index (χ1v) is 11.5. The number of aliphatic hydroxyl groups is 1. The average Bonchev–Trinajstić information content (AvgIpc) is 3.55. The van der Waals surface area contributed by atoms with Gasteiger partial charge in [-0.25, -0.2) is 14.4 Å². The number of likely N-dealkylation sites (N-methyl/N-ethyl adjacent to an activating group) is 1. The van der Waals surface area contributed by atoms with Crippen LogP contribution in [0, 0.1) is 12.7 Å². The maximum absolute atomic E-state index is 15.3. The van der Waals surface area contributed by atoms with E-state index in [9.17, 15) is 18.7 Å². The lowest BCUT2D eigenvalue weighted by atomic mass is 9.91. The Morgan fingerprint density at radius 3 is 2.51 bits per heavy atom. The number of hydrogen-bond donors (Lipinski definition) is 2. The highest BCUT2D eigenvalue weighted by Crippen LogP contribution is 2.57. The van der Waals surface area contributed by atoms with Gasteiger partial charge < -0.3 is 15.3 Å². The number of amides is 1. The molecule has 9 heteroatoms. The van der Waals surface area contributed by atoms with Gasteiger partial charge in [0.15, 0.2) is 0 Å². The van der Waals surface area contributed by atoms with E-state index in [0.29, 0.717) is 22.5 Å². The lowest BCUT2D eigenvalue weighted by Gasteiger charge is -2.30. The summed E-state index contributed by atoms with van der Waals surface area (Å²) in [6, 6.07) is 6.82. The molecule has 1 atom stereocenters. The average molecular weight is 485 g/mol. The Hall–Kier alpha value is -3.20. The van der Waals surface area contributed by atoms with E-state index in [2.05, 4.69) is 15.3 Å². The molecule has 0 saturated heterocycles. The van der Waals surface area contributed by atoms with Gasteiger partial charge >= 0.3 is 5.92 Å². The van der Waals surface area contributed by atoms with E-state index in [1.165, 1.54) is 12.1 Å². The fourth-order valence-corrected chi connectivity index (χ4v) is 4.94. The Balaban J connectivity index is 1.57. The lowest BCUT2D eigenvalue weighted by molar-refractivity contribution is -0.170. The lowest BCUT2D eigenvalue weighted by Crippen LogP contribution is -2.41. The molecule has 2 aliphatic rings. The van der Waals surface area contributed by atoms with Crippen LogP contribution < -0.4 is 10.2 Å². The van der Waals surface area contributed by atoms with E-state index < -0.39 is 34.4 Å². The SMILES string of the molecule is Cc1nc(N[C@H](C)c2cccc(C(F)(F)C(C)(C)O)c2F)c2cc3c(cc2n1)N(C)C(=O)C31CC1. The number of alkyl halides is 2. The van der Waals surface area contributed by atoms with Crippen molar-refractivity contribution < 1.29 is 23.1 Å². The van der Waals surface area contributed by atoms with Gasteiger partial charge in [-0.1, -0.05) is 12.1 Å². The minimum absolute atomic E-state index is 0.0191. The normalized spacial score (nSPS) is 17.7. The molecular formula is C26H27F3N4O2. The molecule has 0 radical (unpaired) electrons. The summed E-state index contributed by atoms with van der Waals surface area (Å²) in [5.74, 6) is -3.90. The molecule has 184 valence electrons. The molecule has 2 heterocycles. The second kappa shape index (κ2) is 7.40. The van der Waals surface area contributed by atoms with E-state index in [1.807, 2.05) is 12.1 Å². The number of nitrogens with one attached hydrogen (secondary N) is 1. The van der Waals surface area contributed by atoms with Gasteiger partial charge in [0.2, 0.25) is 5.91 Å². The maximum Gasteiger partial charge on any atom is 0.303 e. The highest BCUT2D eigenvalue weighted by Gasteiger charge is 2.58. The molecule has 35 heavy (non-hydrogen) atoms. The number of carbonyl (C=O) groups excluding carboxylic acids is 1. The van der Waals surface area contributed by atoms with Crippen molar-refractivity contribution in [3.63, 3.8) is 0 Å². The fraction of sp³-hybridized carbons (Fsp3) is 0.423. The predicted octanol–water partition coefficient (Wildman–Crippen LogP) is 5.12. The van der Waals surface area contributed by atoms with Gasteiger partial charge in [-0.15, -0.1) is 0 Å². The first-order chi connectivity index (χ1) is 16.3. The zero-order valence-corrected chi connectivity index (χ0v) is 20.2. The first kappa shape index (κ1) is 23.5. The number of nitrogens with zero attached hydrogens (tertiary/aromatic N) is 3. The van der Waals surface area contributed by atoms with Crippen LogP contribution in [0.5, 0.6) is 0 Å². The third kappa shape index (κ3) is 3.39. The molecule has 1 saturated carbocycles. The number of aromatic nitrogens is 2. The number of hydrogen-bond acceptors (Lipinski definition) is 5. The van der Waals surface area contributed by atoms with Crippen LogP contribution in [0.15, 0.2) is 30.3 Å². The van der Waals surface area contributed by atoms with Crippen molar-refractivity contribution in [3.05, 3.63) is 58.7 Å². The molecule has 1 fully saturated rings. The summed E-state index contributed by atoms with van der Waals surface area (Å²) in [5.41, 5.74) is -1.39. The van der Waals surface area contributed by atoms with Crippen LogP contribution in [-0.2, 0) is 16.1 Å². The summed E-state index contributed by atoms with van der Waals surface area (Å²) in [6.45, 7) is 5.28.